The highest BCUT2D eigenvalue weighted by molar-refractivity contribution is 6.02. The van der Waals surface area contributed by atoms with E-state index in [0.29, 0.717) is 23.3 Å². The minimum Gasteiger partial charge on any atom is -0.461 e. The average molecular weight is 333 g/mol. The Morgan fingerprint density at radius 2 is 2.12 bits per heavy atom. The molecule has 1 N–H and O–H groups in total. The Hall–Kier alpha value is -3.08. The lowest BCUT2D eigenvalue weighted by Crippen LogP contribution is -2.10. The molecule has 4 rings (SSSR count). The molecule has 0 saturated heterocycles. The second-order valence-electron chi connectivity index (χ2n) is 6.35. The second-order valence-corrected chi connectivity index (χ2v) is 6.35. The summed E-state index contributed by atoms with van der Waals surface area (Å²) in [5.41, 5.74) is 1.52. The first-order valence-electron chi connectivity index (χ1n) is 8.38. The molecule has 1 aromatic carbocycles. The SMILES string of the molecule is CC1CC1c1ccc(/C=C/C(=O)Nc2ccccc2-n2cccn2)o1. The van der Waals surface area contributed by atoms with Crippen LogP contribution in [0.4, 0.5) is 5.69 Å². The summed E-state index contributed by atoms with van der Waals surface area (Å²) in [7, 11) is 0. The molecule has 2 aromatic heterocycles. The Morgan fingerprint density at radius 3 is 2.88 bits per heavy atom. The topological polar surface area (TPSA) is 60.1 Å². The van der Waals surface area contributed by atoms with Gasteiger partial charge in [0.25, 0.3) is 0 Å². The minimum atomic E-state index is -0.211. The van der Waals surface area contributed by atoms with Gasteiger partial charge in [-0.3, -0.25) is 4.79 Å². The fourth-order valence-electron chi connectivity index (χ4n) is 2.90. The number of anilines is 1. The van der Waals surface area contributed by atoms with E-state index in [1.807, 2.05) is 48.7 Å². The Balaban J connectivity index is 1.45. The molecule has 2 unspecified atom stereocenters. The van der Waals surface area contributed by atoms with E-state index < -0.39 is 0 Å². The molecule has 126 valence electrons. The number of nitrogens with zero attached hydrogens (tertiary/aromatic N) is 2. The number of hydrogen-bond acceptors (Lipinski definition) is 3. The molecule has 0 aliphatic heterocycles. The quantitative estimate of drug-likeness (QED) is 0.710. The van der Waals surface area contributed by atoms with Crippen molar-refractivity contribution in [2.24, 2.45) is 5.92 Å². The molecule has 1 aliphatic rings. The predicted molar refractivity (Wildman–Crippen MR) is 96.5 cm³/mol. The predicted octanol–water partition coefficient (Wildman–Crippen LogP) is 4.24. The van der Waals surface area contributed by atoms with Gasteiger partial charge in [-0.1, -0.05) is 19.1 Å². The third-order valence-corrected chi connectivity index (χ3v) is 4.43. The number of furan rings is 1. The summed E-state index contributed by atoms with van der Waals surface area (Å²) in [4.78, 5) is 12.2. The van der Waals surface area contributed by atoms with Crippen LogP contribution in [0, 0.1) is 5.92 Å². The summed E-state index contributed by atoms with van der Waals surface area (Å²) in [6, 6.07) is 13.3. The number of nitrogens with one attached hydrogen (secondary N) is 1. The van der Waals surface area contributed by atoms with Crippen LogP contribution < -0.4 is 5.32 Å². The van der Waals surface area contributed by atoms with E-state index in [9.17, 15) is 4.79 Å². The number of hydrogen-bond donors (Lipinski definition) is 1. The van der Waals surface area contributed by atoms with Gasteiger partial charge in [-0.2, -0.15) is 5.10 Å². The van der Waals surface area contributed by atoms with Crippen LogP contribution in [0.5, 0.6) is 0 Å². The molecule has 25 heavy (non-hydrogen) atoms. The maximum atomic E-state index is 12.2. The molecular formula is C20H19N3O2. The Morgan fingerprint density at radius 1 is 1.28 bits per heavy atom. The Bertz CT molecular complexity index is 909. The molecule has 2 atom stereocenters. The van der Waals surface area contributed by atoms with Gasteiger partial charge in [0.15, 0.2) is 0 Å². The van der Waals surface area contributed by atoms with Gasteiger partial charge in [-0.25, -0.2) is 4.68 Å². The fraction of sp³-hybridized carbons (Fsp3) is 0.200. The van der Waals surface area contributed by atoms with E-state index in [0.717, 1.165) is 11.4 Å². The number of carbonyl (C=O) groups is 1. The highest BCUT2D eigenvalue weighted by Crippen LogP contribution is 2.47. The van der Waals surface area contributed by atoms with Crippen LogP contribution in [0.25, 0.3) is 11.8 Å². The van der Waals surface area contributed by atoms with Crippen molar-refractivity contribution < 1.29 is 9.21 Å². The normalized spacial score (nSPS) is 19.2. The number of aromatic nitrogens is 2. The lowest BCUT2D eigenvalue weighted by molar-refractivity contribution is -0.111. The molecule has 1 fully saturated rings. The molecule has 3 aromatic rings. The molecule has 2 heterocycles. The number of para-hydroxylation sites is 2. The number of rotatable bonds is 5. The molecule has 5 nitrogen and oxygen atoms in total. The lowest BCUT2D eigenvalue weighted by atomic mass is 10.2. The van der Waals surface area contributed by atoms with E-state index in [1.165, 1.54) is 12.5 Å². The first-order chi connectivity index (χ1) is 12.2. The van der Waals surface area contributed by atoms with Crippen molar-refractivity contribution in [2.75, 3.05) is 5.32 Å². The molecule has 1 amide bonds. The number of benzene rings is 1. The van der Waals surface area contributed by atoms with Gasteiger partial charge in [-0.15, -0.1) is 0 Å². The lowest BCUT2D eigenvalue weighted by Gasteiger charge is -2.09. The minimum absolute atomic E-state index is 0.211. The van der Waals surface area contributed by atoms with Crippen LogP contribution >= 0.6 is 0 Å². The van der Waals surface area contributed by atoms with Crippen molar-refractivity contribution in [1.29, 1.82) is 0 Å². The first-order valence-corrected chi connectivity index (χ1v) is 8.38. The summed E-state index contributed by atoms with van der Waals surface area (Å²) < 4.78 is 7.50. The van der Waals surface area contributed by atoms with Crippen molar-refractivity contribution in [3.05, 3.63) is 72.5 Å². The van der Waals surface area contributed by atoms with Gasteiger partial charge < -0.3 is 9.73 Å². The zero-order valence-electron chi connectivity index (χ0n) is 13.9. The molecule has 5 heteroatoms. The van der Waals surface area contributed by atoms with E-state index in [-0.39, 0.29) is 5.91 Å². The second kappa shape index (κ2) is 6.43. The highest BCUT2D eigenvalue weighted by atomic mass is 16.3. The third kappa shape index (κ3) is 3.40. The summed E-state index contributed by atoms with van der Waals surface area (Å²) in [6.07, 6.45) is 7.90. The van der Waals surface area contributed by atoms with Gasteiger partial charge in [0.1, 0.15) is 11.5 Å². The zero-order valence-corrected chi connectivity index (χ0v) is 13.9. The van der Waals surface area contributed by atoms with E-state index in [1.54, 1.807) is 17.0 Å². The van der Waals surface area contributed by atoms with Crippen LogP contribution in [-0.4, -0.2) is 15.7 Å². The van der Waals surface area contributed by atoms with Gasteiger partial charge in [0.2, 0.25) is 5.91 Å². The number of amides is 1. The van der Waals surface area contributed by atoms with Gasteiger partial charge in [0, 0.05) is 24.4 Å². The molecule has 1 saturated carbocycles. The van der Waals surface area contributed by atoms with E-state index in [4.69, 9.17) is 4.42 Å². The third-order valence-electron chi connectivity index (χ3n) is 4.43. The zero-order chi connectivity index (χ0) is 17.2. The maximum absolute atomic E-state index is 12.2. The molecule has 1 aliphatic carbocycles. The van der Waals surface area contributed by atoms with E-state index in [2.05, 4.69) is 17.3 Å². The van der Waals surface area contributed by atoms with Crippen molar-refractivity contribution in [3.63, 3.8) is 0 Å². The Labute approximate surface area is 146 Å². The van der Waals surface area contributed by atoms with E-state index >= 15 is 0 Å². The fourth-order valence-corrected chi connectivity index (χ4v) is 2.90. The van der Waals surface area contributed by atoms with Crippen molar-refractivity contribution in [2.45, 2.75) is 19.3 Å². The molecule has 0 spiro atoms. The Kier molecular flexibility index (Phi) is 3.98. The molecular weight excluding hydrogens is 314 g/mol. The first kappa shape index (κ1) is 15.4. The average Bonchev–Trinajstić information content (AvgIpc) is 3.05. The maximum Gasteiger partial charge on any atom is 0.248 e. The van der Waals surface area contributed by atoms with Crippen LogP contribution in [-0.2, 0) is 4.79 Å². The van der Waals surface area contributed by atoms with Crippen molar-refractivity contribution >= 4 is 17.7 Å². The summed E-state index contributed by atoms with van der Waals surface area (Å²) in [5.74, 6) is 2.74. The van der Waals surface area contributed by atoms with Crippen LogP contribution in [0.1, 0.15) is 30.8 Å². The van der Waals surface area contributed by atoms with Crippen LogP contribution in [0.2, 0.25) is 0 Å². The monoisotopic (exact) mass is 333 g/mol. The van der Waals surface area contributed by atoms with Crippen LogP contribution in [0.3, 0.4) is 0 Å². The summed E-state index contributed by atoms with van der Waals surface area (Å²) >= 11 is 0. The van der Waals surface area contributed by atoms with Gasteiger partial charge in [-0.05, 0) is 48.7 Å². The van der Waals surface area contributed by atoms with Crippen molar-refractivity contribution in [1.82, 2.24) is 9.78 Å². The number of carbonyl (C=O) groups excluding carboxylic acids is 1. The van der Waals surface area contributed by atoms with Crippen molar-refractivity contribution in [3.8, 4) is 5.69 Å². The largest absolute Gasteiger partial charge is 0.461 e. The summed E-state index contributed by atoms with van der Waals surface area (Å²) in [6.45, 7) is 2.22. The summed E-state index contributed by atoms with van der Waals surface area (Å²) in [5, 5.41) is 7.10. The standard InChI is InChI=1S/C20H19N3O2/c1-14-13-16(14)19-9-7-15(25-19)8-10-20(24)22-17-5-2-3-6-18(17)23-12-4-11-21-23/h2-12,14,16H,13H2,1H3,(H,22,24)/b10-8+. The smallest absolute Gasteiger partial charge is 0.248 e. The molecule has 0 bridgehead atoms. The molecule has 0 radical (unpaired) electrons. The van der Waals surface area contributed by atoms with Gasteiger partial charge >= 0.3 is 0 Å². The van der Waals surface area contributed by atoms with Gasteiger partial charge in [0.05, 0.1) is 11.4 Å². The van der Waals surface area contributed by atoms with Crippen LogP contribution in [0.15, 0.2) is 65.4 Å². The highest BCUT2D eigenvalue weighted by Gasteiger charge is 2.36.